The molecule has 1 atom stereocenters. The normalized spacial score (nSPS) is 20.0. The van der Waals surface area contributed by atoms with E-state index in [0.29, 0.717) is 17.2 Å². The van der Waals surface area contributed by atoms with Crippen molar-refractivity contribution in [3.63, 3.8) is 0 Å². The molecule has 2 rings (SSSR count). The fourth-order valence-electron chi connectivity index (χ4n) is 2.88. The second-order valence-electron chi connectivity index (χ2n) is 5.87. The lowest BCUT2D eigenvalue weighted by Crippen LogP contribution is -2.29. The van der Waals surface area contributed by atoms with Gasteiger partial charge in [-0.3, -0.25) is 4.79 Å². The Bertz CT molecular complexity index is 803. The molecular formula is C19H20F3NO. The molecule has 0 saturated heterocycles. The maximum Gasteiger partial charge on any atom is 0.392 e. The molecule has 0 heterocycles. The van der Waals surface area contributed by atoms with E-state index in [-0.39, 0.29) is 12.8 Å². The summed E-state index contributed by atoms with van der Waals surface area (Å²) in [6.45, 7) is 5.75. The van der Waals surface area contributed by atoms with Gasteiger partial charge in [0.05, 0.1) is 5.92 Å². The van der Waals surface area contributed by atoms with E-state index in [1.54, 1.807) is 37.3 Å². The molecule has 1 aliphatic carbocycles. The molecular weight excluding hydrogens is 315 g/mol. The predicted octanol–water partition coefficient (Wildman–Crippen LogP) is 3.05. The minimum atomic E-state index is -4.15. The number of carbonyl (C=O) groups is 1. The van der Waals surface area contributed by atoms with E-state index in [9.17, 15) is 18.0 Å². The van der Waals surface area contributed by atoms with Crippen molar-refractivity contribution in [2.75, 3.05) is 0 Å². The summed E-state index contributed by atoms with van der Waals surface area (Å²) in [4.78, 5) is 11.3. The number of carbonyl (C=O) groups excluding carboxylic acids is 1. The number of benzene rings is 1. The molecule has 0 radical (unpaired) electrons. The first-order chi connectivity index (χ1) is 11.2. The van der Waals surface area contributed by atoms with Crippen LogP contribution in [0, 0.1) is 5.92 Å². The van der Waals surface area contributed by atoms with E-state index in [1.165, 1.54) is 0 Å². The van der Waals surface area contributed by atoms with Crippen molar-refractivity contribution in [1.82, 2.24) is 0 Å². The van der Waals surface area contributed by atoms with Crippen LogP contribution in [0.15, 0.2) is 35.9 Å². The van der Waals surface area contributed by atoms with Crippen LogP contribution < -0.4 is 16.2 Å². The first-order valence-electron chi connectivity index (χ1n) is 7.76. The minimum Gasteiger partial charge on any atom is -0.366 e. The van der Waals surface area contributed by atoms with E-state index >= 15 is 0 Å². The molecule has 0 fully saturated rings. The molecule has 1 unspecified atom stereocenters. The highest BCUT2D eigenvalue weighted by Crippen LogP contribution is 2.38. The van der Waals surface area contributed by atoms with E-state index in [4.69, 9.17) is 5.73 Å². The highest BCUT2D eigenvalue weighted by molar-refractivity contribution is 6.00. The Morgan fingerprint density at radius 1 is 1.38 bits per heavy atom. The lowest BCUT2D eigenvalue weighted by Gasteiger charge is -2.24. The Morgan fingerprint density at radius 3 is 2.58 bits per heavy atom. The SMILES string of the molecule is C=c1c(C2=CCC(C(F)(F)F)CC2)ccc/c1=C/C(=C\C)C(N)=O. The van der Waals surface area contributed by atoms with Crippen molar-refractivity contribution in [3.05, 3.63) is 51.9 Å². The number of halogens is 3. The zero-order chi connectivity index (χ0) is 17.9. The summed E-state index contributed by atoms with van der Waals surface area (Å²) in [6.07, 6.45) is 1.21. The molecule has 1 aromatic rings. The van der Waals surface area contributed by atoms with Gasteiger partial charge < -0.3 is 5.73 Å². The fraction of sp³-hybridized carbons (Fsp3) is 0.316. The van der Waals surface area contributed by atoms with Gasteiger partial charge in [0.15, 0.2) is 0 Å². The summed E-state index contributed by atoms with van der Waals surface area (Å²) in [7, 11) is 0. The largest absolute Gasteiger partial charge is 0.392 e. The van der Waals surface area contributed by atoms with Gasteiger partial charge in [0.1, 0.15) is 0 Å². The fourth-order valence-corrected chi connectivity index (χ4v) is 2.88. The Hall–Kier alpha value is -2.30. The zero-order valence-electron chi connectivity index (χ0n) is 13.5. The van der Waals surface area contributed by atoms with Gasteiger partial charge in [-0.1, -0.05) is 36.9 Å². The molecule has 1 aliphatic rings. The Kier molecular flexibility index (Phi) is 5.32. The van der Waals surface area contributed by atoms with Crippen molar-refractivity contribution in [2.45, 2.75) is 32.4 Å². The van der Waals surface area contributed by atoms with Crippen molar-refractivity contribution in [1.29, 1.82) is 0 Å². The lowest BCUT2D eigenvalue weighted by molar-refractivity contribution is -0.175. The van der Waals surface area contributed by atoms with Crippen LogP contribution in [-0.2, 0) is 4.79 Å². The highest BCUT2D eigenvalue weighted by Gasteiger charge is 2.39. The topological polar surface area (TPSA) is 43.1 Å². The zero-order valence-corrected chi connectivity index (χ0v) is 13.5. The number of amides is 1. The van der Waals surface area contributed by atoms with Crippen LogP contribution in [0.25, 0.3) is 18.2 Å². The van der Waals surface area contributed by atoms with Crippen molar-refractivity contribution in [2.24, 2.45) is 11.7 Å². The number of hydrogen-bond acceptors (Lipinski definition) is 1. The number of primary amides is 1. The summed E-state index contributed by atoms with van der Waals surface area (Å²) in [5.74, 6) is -1.80. The number of hydrogen-bond donors (Lipinski definition) is 1. The smallest absolute Gasteiger partial charge is 0.366 e. The first kappa shape index (κ1) is 18.0. The first-order valence-corrected chi connectivity index (χ1v) is 7.76. The third-order valence-corrected chi connectivity index (χ3v) is 4.34. The Morgan fingerprint density at radius 2 is 2.08 bits per heavy atom. The number of allylic oxidation sites excluding steroid dienone is 3. The van der Waals surface area contributed by atoms with E-state index in [1.807, 2.05) is 6.07 Å². The van der Waals surface area contributed by atoms with Gasteiger partial charge in [0.2, 0.25) is 5.91 Å². The molecule has 2 N–H and O–H groups in total. The van der Waals surface area contributed by atoms with Gasteiger partial charge in [-0.05, 0) is 53.8 Å². The molecule has 0 aliphatic heterocycles. The second kappa shape index (κ2) is 7.07. The number of rotatable bonds is 3. The van der Waals surface area contributed by atoms with Crippen molar-refractivity contribution >= 4 is 24.1 Å². The van der Waals surface area contributed by atoms with Crippen LogP contribution in [-0.4, -0.2) is 12.1 Å². The van der Waals surface area contributed by atoms with Crippen LogP contribution in [0.3, 0.4) is 0 Å². The molecule has 0 bridgehead atoms. The van der Waals surface area contributed by atoms with Gasteiger partial charge in [0, 0.05) is 5.57 Å². The van der Waals surface area contributed by atoms with Gasteiger partial charge in [0.25, 0.3) is 0 Å². The summed E-state index contributed by atoms with van der Waals surface area (Å²) in [6, 6.07) is 5.46. The molecule has 0 spiro atoms. The lowest BCUT2D eigenvalue weighted by atomic mass is 9.85. The number of nitrogens with two attached hydrogens (primary N) is 1. The van der Waals surface area contributed by atoms with Gasteiger partial charge in [-0.2, -0.15) is 13.2 Å². The van der Waals surface area contributed by atoms with Crippen LogP contribution in [0.1, 0.15) is 31.7 Å². The average molecular weight is 335 g/mol. The summed E-state index contributed by atoms with van der Waals surface area (Å²) in [5, 5.41) is 1.42. The third-order valence-electron chi connectivity index (χ3n) is 4.34. The van der Waals surface area contributed by atoms with Crippen LogP contribution in [0.2, 0.25) is 0 Å². The summed E-state index contributed by atoms with van der Waals surface area (Å²) in [5.41, 5.74) is 7.37. The summed E-state index contributed by atoms with van der Waals surface area (Å²) < 4.78 is 38.3. The van der Waals surface area contributed by atoms with Crippen LogP contribution in [0.4, 0.5) is 13.2 Å². The highest BCUT2D eigenvalue weighted by atomic mass is 19.4. The molecule has 128 valence electrons. The molecule has 0 aromatic heterocycles. The summed E-state index contributed by atoms with van der Waals surface area (Å²) >= 11 is 0. The van der Waals surface area contributed by atoms with Crippen molar-refractivity contribution < 1.29 is 18.0 Å². The third kappa shape index (κ3) is 3.96. The second-order valence-corrected chi connectivity index (χ2v) is 5.87. The van der Waals surface area contributed by atoms with E-state index in [0.717, 1.165) is 16.4 Å². The Labute approximate surface area is 138 Å². The van der Waals surface area contributed by atoms with Gasteiger partial charge >= 0.3 is 6.18 Å². The number of alkyl halides is 3. The van der Waals surface area contributed by atoms with E-state index < -0.39 is 18.0 Å². The molecule has 5 heteroatoms. The van der Waals surface area contributed by atoms with Gasteiger partial charge in [-0.15, -0.1) is 0 Å². The maximum atomic E-state index is 12.8. The molecule has 24 heavy (non-hydrogen) atoms. The minimum absolute atomic E-state index is 0.00634. The molecule has 1 amide bonds. The predicted molar refractivity (Wildman–Crippen MR) is 90.0 cm³/mol. The molecule has 1 aromatic carbocycles. The van der Waals surface area contributed by atoms with Crippen LogP contribution >= 0.6 is 0 Å². The van der Waals surface area contributed by atoms with Crippen molar-refractivity contribution in [3.8, 4) is 0 Å². The Balaban J connectivity index is 2.40. The maximum absolute atomic E-state index is 12.8. The van der Waals surface area contributed by atoms with Crippen LogP contribution in [0.5, 0.6) is 0 Å². The van der Waals surface area contributed by atoms with Gasteiger partial charge in [-0.25, -0.2) is 0 Å². The molecule has 2 nitrogen and oxygen atoms in total. The standard InChI is InChI=1S/C19H20F3NO/c1-3-13(18(23)24)11-15-5-4-6-17(12(15)2)14-7-9-16(10-8-14)19(20,21)22/h3-7,11,16H,2,8-10H2,1H3,(H2,23,24)/b13-3+,15-11-. The van der Waals surface area contributed by atoms with E-state index in [2.05, 4.69) is 6.58 Å². The average Bonchev–Trinajstić information content (AvgIpc) is 2.53. The quantitative estimate of drug-likeness (QED) is 0.848. The monoisotopic (exact) mass is 335 g/mol. The molecule has 0 saturated carbocycles.